The fourth-order valence-corrected chi connectivity index (χ4v) is 5.00. The lowest BCUT2D eigenvalue weighted by Gasteiger charge is -2.26. The average molecular weight is 470 g/mol. The van der Waals surface area contributed by atoms with Crippen LogP contribution in [0.2, 0.25) is 0 Å². The van der Waals surface area contributed by atoms with Crippen LogP contribution in [-0.4, -0.2) is 40.9 Å². The number of aromatic hydroxyl groups is 1. The molecule has 0 spiro atoms. The molecule has 0 amide bonds. The van der Waals surface area contributed by atoms with Gasteiger partial charge in [0.05, 0.1) is 0 Å². The van der Waals surface area contributed by atoms with Crippen molar-refractivity contribution < 1.29 is 10.2 Å². The lowest BCUT2D eigenvalue weighted by atomic mass is 9.86. The van der Waals surface area contributed by atoms with E-state index in [0.29, 0.717) is 6.42 Å². The third-order valence-corrected chi connectivity index (χ3v) is 7.08. The highest BCUT2D eigenvalue weighted by Gasteiger charge is 2.29. The Balaban J connectivity index is 1.74. The highest BCUT2D eigenvalue weighted by molar-refractivity contribution is 5.86. The minimum absolute atomic E-state index is 0.159. The summed E-state index contributed by atoms with van der Waals surface area (Å²) >= 11 is 0. The van der Waals surface area contributed by atoms with E-state index in [1.165, 1.54) is 35.1 Å². The zero-order valence-electron chi connectivity index (χ0n) is 21.2. The summed E-state index contributed by atoms with van der Waals surface area (Å²) in [5.74, 6) is 0.266. The fraction of sp³-hybridized carbons (Fsp3) is 0.375. The van der Waals surface area contributed by atoms with Gasteiger partial charge in [0.25, 0.3) is 0 Å². The molecule has 4 rings (SSSR count). The van der Waals surface area contributed by atoms with E-state index < -0.39 is 0 Å². The van der Waals surface area contributed by atoms with Crippen molar-refractivity contribution in [2.75, 3.05) is 19.7 Å². The molecule has 3 nitrogen and oxygen atoms in total. The summed E-state index contributed by atoms with van der Waals surface area (Å²) in [6, 6.07) is 17.3. The van der Waals surface area contributed by atoms with Crippen molar-refractivity contribution in [3.8, 4) is 5.75 Å². The van der Waals surface area contributed by atoms with E-state index >= 15 is 0 Å². The fourth-order valence-electron chi connectivity index (χ4n) is 5.00. The van der Waals surface area contributed by atoms with Gasteiger partial charge >= 0.3 is 0 Å². The molecule has 0 bridgehead atoms. The molecule has 184 valence electrons. The van der Waals surface area contributed by atoms with Gasteiger partial charge in [0.15, 0.2) is 0 Å². The largest absolute Gasteiger partial charge is 0.508 e. The number of hydrogen-bond donors (Lipinski definition) is 2. The normalized spacial score (nSPS) is 18.0. The minimum Gasteiger partial charge on any atom is -0.508 e. The maximum atomic E-state index is 9.92. The van der Waals surface area contributed by atoms with Gasteiger partial charge < -0.3 is 10.2 Å². The van der Waals surface area contributed by atoms with Crippen LogP contribution in [0.1, 0.15) is 69.1 Å². The minimum atomic E-state index is 0.159. The van der Waals surface area contributed by atoms with E-state index in [9.17, 15) is 10.2 Å². The molecular formula is C32H39NO2. The number of rotatable bonds is 10. The summed E-state index contributed by atoms with van der Waals surface area (Å²) in [6.07, 6.45) is 15.3. The van der Waals surface area contributed by atoms with Crippen LogP contribution in [0.15, 0.2) is 84.0 Å². The van der Waals surface area contributed by atoms with Crippen LogP contribution in [0.5, 0.6) is 5.75 Å². The van der Waals surface area contributed by atoms with Crippen LogP contribution in [-0.2, 0) is 0 Å². The van der Waals surface area contributed by atoms with E-state index in [4.69, 9.17) is 0 Å². The third kappa shape index (κ3) is 6.42. The van der Waals surface area contributed by atoms with Gasteiger partial charge in [-0.3, -0.25) is 4.90 Å². The zero-order chi connectivity index (χ0) is 24.6. The predicted molar refractivity (Wildman–Crippen MR) is 147 cm³/mol. The number of phenols is 1. The lowest BCUT2D eigenvalue weighted by molar-refractivity contribution is 0.289. The van der Waals surface area contributed by atoms with Crippen LogP contribution in [0, 0.1) is 0 Å². The first-order valence-corrected chi connectivity index (χ1v) is 13.1. The first kappa shape index (κ1) is 25.2. The number of aliphatic hydroxyl groups excluding tert-OH is 1. The summed E-state index contributed by atoms with van der Waals surface area (Å²) in [7, 11) is 0. The van der Waals surface area contributed by atoms with Crippen molar-refractivity contribution in [2.45, 2.75) is 58.4 Å². The Hall–Kier alpha value is -2.88. The van der Waals surface area contributed by atoms with Crippen molar-refractivity contribution in [1.29, 1.82) is 0 Å². The highest BCUT2D eigenvalue weighted by Crippen LogP contribution is 2.36. The van der Waals surface area contributed by atoms with Gasteiger partial charge in [0.1, 0.15) is 5.75 Å². The average Bonchev–Trinajstić information content (AvgIpc) is 3.74. The number of nitrogens with zero attached hydrogens (tertiary/aromatic N) is 1. The van der Waals surface area contributed by atoms with Crippen molar-refractivity contribution in [1.82, 2.24) is 4.90 Å². The molecule has 1 fully saturated rings. The third-order valence-electron chi connectivity index (χ3n) is 7.08. The topological polar surface area (TPSA) is 43.7 Å². The van der Waals surface area contributed by atoms with Crippen molar-refractivity contribution in [2.24, 2.45) is 0 Å². The number of benzene rings is 2. The predicted octanol–water partition coefficient (Wildman–Crippen LogP) is 7.13. The monoisotopic (exact) mass is 469 g/mol. The SMILES string of the molecule is C/C=C(\C=C/CC)C(/CCCO)=C(/c1ccc(O)cc1)c1ccc(C2=CCN(C3CC3)CC2)cc1. The Morgan fingerprint density at radius 3 is 2.26 bits per heavy atom. The standard InChI is InChI=1S/C32H39NO2/c1-3-5-7-24(4-2)31(8-6-23-34)32(28-13-17-30(35)18-14-28)27-11-9-25(10-12-27)26-19-21-33(22-20-26)29-15-16-29/h4-5,7,9-14,17-19,29,34-35H,3,6,8,15-16,20-23H2,1-2H3/b7-5-,24-4+,32-31+. The van der Waals surface area contributed by atoms with E-state index in [0.717, 1.165) is 55.1 Å². The lowest BCUT2D eigenvalue weighted by Crippen LogP contribution is -2.30. The van der Waals surface area contributed by atoms with Crippen molar-refractivity contribution in [3.63, 3.8) is 0 Å². The van der Waals surface area contributed by atoms with Gasteiger partial charge in [0.2, 0.25) is 0 Å². The molecular weight excluding hydrogens is 430 g/mol. The van der Waals surface area contributed by atoms with Crippen molar-refractivity contribution in [3.05, 3.63) is 101 Å². The second kappa shape index (κ2) is 12.2. The number of allylic oxidation sites excluding steroid dienone is 5. The molecule has 3 heteroatoms. The van der Waals surface area contributed by atoms with Crippen LogP contribution >= 0.6 is 0 Å². The Kier molecular flexibility index (Phi) is 8.79. The van der Waals surface area contributed by atoms with Gasteiger partial charge in [-0.15, -0.1) is 0 Å². The molecule has 1 heterocycles. The molecule has 2 N–H and O–H groups in total. The molecule has 35 heavy (non-hydrogen) atoms. The van der Waals surface area contributed by atoms with Gasteiger partial charge in [-0.2, -0.15) is 0 Å². The summed E-state index contributed by atoms with van der Waals surface area (Å²) in [6.45, 7) is 6.61. The Morgan fingerprint density at radius 2 is 1.71 bits per heavy atom. The molecule has 1 aliphatic carbocycles. The van der Waals surface area contributed by atoms with Gasteiger partial charge in [0, 0.05) is 25.7 Å². The Morgan fingerprint density at radius 1 is 1.03 bits per heavy atom. The molecule has 0 atom stereocenters. The molecule has 1 aliphatic heterocycles. The van der Waals surface area contributed by atoms with Gasteiger partial charge in [-0.1, -0.05) is 67.6 Å². The molecule has 1 saturated carbocycles. The van der Waals surface area contributed by atoms with Crippen LogP contribution in [0.3, 0.4) is 0 Å². The van der Waals surface area contributed by atoms with Gasteiger partial charge in [-0.05, 0) is 96.6 Å². The first-order valence-electron chi connectivity index (χ1n) is 13.1. The summed E-state index contributed by atoms with van der Waals surface area (Å²) in [5.41, 5.74) is 8.56. The van der Waals surface area contributed by atoms with E-state index in [1.54, 1.807) is 12.1 Å². The molecule has 0 unspecified atom stereocenters. The molecule has 2 aliphatic rings. The van der Waals surface area contributed by atoms with Crippen LogP contribution in [0.4, 0.5) is 0 Å². The number of aliphatic hydroxyl groups is 1. The Labute approximate surface area is 210 Å². The highest BCUT2D eigenvalue weighted by atomic mass is 16.3. The molecule has 0 radical (unpaired) electrons. The van der Waals surface area contributed by atoms with Gasteiger partial charge in [-0.25, -0.2) is 0 Å². The van der Waals surface area contributed by atoms with Crippen molar-refractivity contribution >= 4 is 11.1 Å². The van der Waals surface area contributed by atoms with E-state index in [2.05, 4.69) is 67.3 Å². The second-order valence-electron chi connectivity index (χ2n) is 9.57. The second-order valence-corrected chi connectivity index (χ2v) is 9.57. The molecule has 2 aromatic carbocycles. The van der Waals surface area contributed by atoms with Crippen LogP contribution in [0.25, 0.3) is 11.1 Å². The summed E-state index contributed by atoms with van der Waals surface area (Å²) < 4.78 is 0. The number of phenolic OH excluding ortho intramolecular Hbond substituents is 1. The van der Waals surface area contributed by atoms with E-state index in [-0.39, 0.29) is 12.4 Å². The molecule has 0 aromatic heterocycles. The van der Waals surface area contributed by atoms with Crippen LogP contribution < -0.4 is 0 Å². The van der Waals surface area contributed by atoms with E-state index in [1.807, 2.05) is 12.1 Å². The quantitative estimate of drug-likeness (QED) is 0.364. The zero-order valence-corrected chi connectivity index (χ0v) is 21.2. The maximum absolute atomic E-state index is 9.92. The first-order chi connectivity index (χ1) is 17.1. The summed E-state index contributed by atoms with van der Waals surface area (Å²) in [5, 5.41) is 19.6. The Bertz CT molecular complexity index is 1100. The molecule has 0 saturated heterocycles. The molecule has 2 aromatic rings. The maximum Gasteiger partial charge on any atom is 0.115 e. The smallest absolute Gasteiger partial charge is 0.115 e. The summed E-state index contributed by atoms with van der Waals surface area (Å²) in [4.78, 5) is 2.61. The number of hydrogen-bond acceptors (Lipinski definition) is 3.